The van der Waals surface area contributed by atoms with Crippen LogP contribution in [0.15, 0.2) is 23.1 Å². The highest BCUT2D eigenvalue weighted by atomic mass is 35.5. The number of piperazine rings is 1. The Morgan fingerprint density at radius 2 is 2.14 bits per heavy atom. The second kappa shape index (κ2) is 8.99. The van der Waals surface area contributed by atoms with E-state index in [-0.39, 0.29) is 11.2 Å². The van der Waals surface area contributed by atoms with Crippen molar-refractivity contribution >= 4 is 40.9 Å². The van der Waals surface area contributed by atoms with Crippen molar-refractivity contribution in [1.29, 1.82) is 0 Å². The lowest BCUT2D eigenvalue weighted by Crippen LogP contribution is -2.46. The number of hydrogen-bond donors (Lipinski definition) is 2. The number of benzene rings is 1. The molecule has 1 fully saturated rings. The lowest BCUT2D eigenvalue weighted by atomic mass is 10.3. The Morgan fingerprint density at radius 3 is 2.86 bits per heavy atom. The van der Waals surface area contributed by atoms with E-state index in [1.54, 1.807) is 18.2 Å². The van der Waals surface area contributed by atoms with Crippen LogP contribution in [0.25, 0.3) is 0 Å². The number of carbonyl (C=O) groups is 1. The van der Waals surface area contributed by atoms with E-state index in [0.717, 1.165) is 37.6 Å². The van der Waals surface area contributed by atoms with Crippen molar-refractivity contribution < 1.29 is 4.79 Å². The number of carbonyl (C=O) groups excluding carboxylic acids is 1. The summed E-state index contributed by atoms with van der Waals surface area (Å²) in [5.74, 6) is 0.0242. The van der Waals surface area contributed by atoms with Gasteiger partial charge < -0.3 is 10.6 Å². The molecule has 1 aliphatic rings. The van der Waals surface area contributed by atoms with E-state index >= 15 is 0 Å². The van der Waals surface area contributed by atoms with Crippen molar-refractivity contribution in [1.82, 2.24) is 15.5 Å². The van der Waals surface area contributed by atoms with Gasteiger partial charge in [0.25, 0.3) is 0 Å². The molecule has 0 radical (unpaired) electrons. The highest BCUT2D eigenvalue weighted by Crippen LogP contribution is 2.32. The van der Waals surface area contributed by atoms with Crippen LogP contribution in [0, 0.1) is 0 Å². The molecule has 1 aromatic carbocycles. The average molecular weight is 362 g/mol. The molecule has 1 amide bonds. The summed E-state index contributed by atoms with van der Waals surface area (Å²) in [4.78, 5) is 15.3. The van der Waals surface area contributed by atoms with E-state index in [0.29, 0.717) is 16.6 Å². The fourth-order valence-corrected chi connectivity index (χ4v) is 3.66. The van der Waals surface area contributed by atoms with Crippen LogP contribution < -0.4 is 10.6 Å². The third-order valence-corrected chi connectivity index (χ3v) is 5.34. The molecule has 0 aromatic heterocycles. The van der Waals surface area contributed by atoms with Crippen molar-refractivity contribution in [2.75, 3.05) is 39.3 Å². The SMILES string of the molecule is CC(Sc1cc(Cl)ccc1Cl)C(=O)NCCN1CCNCC1. The summed E-state index contributed by atoms with van der Waals surface area (Å²) in [6, 6.07) is 5.28. The Labute approximate surface area is 145 Å². The van der Waals surface area contributed by atoms with Crippen LogP contribution in [-0.4, -0.2) is 55.3 Å². The Morgan fingerprint density at radius 1 is 1.41 bits per heavy atom. The summed E-state index contributed by atoms with van der Waals surface area (Å²) in [5, 5.41) is 7.33. The number of hydrogen-bond acceptors (Lipinski definition) is 4. The Balaban J connectivity index is 1.75. The third kappa shape index (κ3) is 5.63. The number of halogens is 2. The van der Waals surface area contributed by atoms with Gasteiger partial charge in [-0.1, -0.05) is 23.2 Å². The fourth-order valence-electron chi connectivity index (χ4n) is 2.23. The highest BCUT2D eigenvalue weighted by Gasteiger charge is 2.16. The number of amides is 1. The van der Waals surface area contributed by atoms with Gasteiger partial charge in [0.2, 0.25) is 5.91 Å². The lowest BCUT2D eigenvalue weighted by Gasteiger charge is -2.27. The van der Waals surface area contributed by atoms with E-state index in [1.807, 2.05) is 6.92 Å². The van der Waals surface area contributed by atoms with Crippen LogP contribution in [0.1, 0.15) is 6.92 Å². The first-order valence-corrected chi connectivity index (χ1v) is 9.02. The number of thioether (sulfide) groups is 1. The molecule has 2 rings (SSSR count). The van der Waals surface area contributed by atoms with Crippen LogP contribution in [0.5, 0.6) is 0 Å². The lowest BCUT2D eigenvalue weighted by molar-refractivity contribution is -0.120. The average Bonchev–Trinajstić information content (AvgIpc) is 2.52. The van der Waals surface area contributed by atoms with Crippen LogP contribution in [-0.2, 0) is 4.79 Å². The summed E-state index contributed by atoms with van der Waals surface area (Å²) >= 11 is 13.5. The molecular formula is C15H21Cl2N3OS. The molecule has 0 saturated carbocycles. The van der Waals surface area contributed by atoms with Gasteiger partial charge in [0.05, 0.1) is 10.3 Å². The molecule has 1 heterocycles. The molecule has 4 nitrogen and oxygen atoms in total. The predicted molar refractivity (Wildman–Crippen MR) is 94.1 cm³/mol. The monoisotopic (exact) mass is 361 g/mol. The molecule has 1 aliphatic heterocycles. The van der Waals surface area contributed by atoms with Crippen molar-refractivity contribution in [3.8, 4) is 0 Å². The zero-order valence-corrected chi connectivity index (χ0v) is 14.9. The largest absolute Gasteiger partial charge is 0.354 e. The van der Waals surface area contributed by atoms with Gasteiger partial charge in [-0.25, -0.2) is 0 Å². The Kier molecular flexibility index (Phi) is 7.31. The third-order valence-electron chi connectivity index (χ3n) is 3.50. The topological polar surface area (TPSA) is 44.4 Å². The standard InChI is InChI=1S/C15H21Cl2N3OS/c1-11(22-14-10-12(16)2-3-13(14)17)15(21)19-6-9-20-7-4-18-5-8-20/h2-3,10-11,18H,4-9H2,1H3,(H,19,21). The Bertz CT molecular complexity index is 510. The van der Waals surface area contributed by atoms with Gasteiger partial charge in [-0.3, -0.25) is 9.69 Å². The maximum Gasteiger partial charge on any atom is 0.233 e. The second-order valence-corrected chi connectivity index (χ2v) is 7.44. The minimum Gasteiger partial charge on any atom is -0.354 e. The maximum atomic E-state index is 12.1. The van der Waals surface area contributed by atoms with Crippen LogP contribution in [0.2, 0.25) is 10.0 Å². The van der Waals surface area contributed by atoms with Gasteiger partial charge >= 0.3 is 0 Å². The summed E-state index contributed by atoms with van der Waals surface area (Å²) in [6.45, 7) is 7.56. The van der Waals surface area contributed by atoms with E-state index in [4.69, 9.17) is 23.2 Å². The summed E-state index contributed by atoms with van der Waals surface area (Å²) in [7, 11) is 0. The molecule has 0 bridgehead atoms. The van der Waals surface area contributed by atoms with Crippen molar-refractivity contribution in [2.24, 2.45) is 0 Å². The van der Waals surface area contributed by atoms with Gasteiger partial charge in [0.15, 0.2) is 0 Å². The Hall–Kier alpha value is -0.460. The molecule has 2 N–H and O–H groups in total. The molecule has 1 saturated heterocycles. The number of rotatable bonds is 6. The van der Waals surface area contributed by atoms with E-state index in [1.165, 1.54) is 11.8 Å². The molecule has 1 atom stereocenters. The zero-order valence-electron chi connectivity index (χ0n) is 12.6. The van der Waals surface area contributed by atoms with Crippen molar-refractivity contribution in [2.45, 2.75) is 17.1 Å². The summed E-state index contributed by atoms with van der Waals surface area (Å²) in [5.41, 5.74) is 0. The quantitative estimate of drug-likeness (QED) is 0.764. The normalized spacial score (nSPS) is 17.2. The maximum absolute atomic E-state index is 12.1. The predicted octanol–water partition coefficient (Wildman–Crippen LogP) is 2.50. The first-order chi connectivity index (χ1) is 10.6. The molecule has 0 aliphatic carbocycles. The fraction of sp³-hybridized carbons (Fsp3) is 0.533. The van der Waals surface area contributed by atoms with Gasteiger partial charge in [-0.05, 0) is 25.1 Å². The van der Waals surface area contributed by atoms with Gasteiger partial charge in [0.1, 0.15) is 0 Å². The van der Waals surface area contributed by atoms with Gasteiger partial charge in [-0.2, -0.15) is 0 Å². The van der Waals surface area contributed by atoms with Crippen molar-refractivity contribution in [3.05, 3.63) is 28.2 Å². The molecule has 122 valence electrons. The highest BCUT2D eigenvalue weighted by molar-refractivity contribution is 8.00. The summed E-state index contributed by atoms with van der Waals surface area (Å²) in [6.07, 6.45) is 0. The molecule has 0 spiro atoms. The minimum atomic E-state index is -0.209. The van der Waals surface area contributed by atoms with Gasteiger partial charge in [0, 0.05) is 49.2 Å². The molecule has 1 aromatic rings. The van der Waals surface area contributed by atoms with E-state index < -0.39 is 0 Å². The molecule has 7 heteroatoms. The first kappa shape index (κ1) is 17.9. The number of nitrogens with zero attached hydrogens (tertiary/aromatic N) is 1. The summed E-state index contributed by atoms with van der Waals surface area (Å²) < 4.78 is 0. The van der Waals surface area contributed by atoms with Crippen LogP contribution in [0.4, 0.5) is 0 Å². The van der Waals surface area contributed by atoms with E-state index in [2.05, 4.69) is 15.5 Å². The van der Waals surface area contributed by atoms with Crippen molar-refractivity contribution in [3.63, 3.8) is 0 Å². The van der Waals surface area contributed by atoms with Gasteiger partial charge in [-0.15, -0.1) is 11.8 Å². The van der Waals surface area contributed by atoms with Crippen LogP contribution >= 0.6 is 35.0 Å². The molecule has 1 unspecified atom stereocenters. The smallest absolute Gasteiger partial charge is 0.233 e. The number of nitrogens with one attached hydrogen (secondary N) is 2. The molecular weight excluding hydrogens is 341 g/mol. The second-order valence-electron chi connectivity index (χ2n) is 5.22. The zero-order chi connectivity index (χ0) is 15.9. The van der Waals surface area contributed by atoms with Crippen LogP contribution in [0.3, 0.4) is 0 Å². The minimum absolute atomic E-state index is 0.0242. The first-order valence-electron chi connectivity index (χ1n) is 7.39. The molecule has 22 heavy (non-hydrogen) atoms. The van der Waals surface area contributed by atoms with E-state index in [9.17, 15) is 4.79 Å².